The average Bonchev–Trinajstić information content (AvgIpc) is 3.28. The topological polar surface area (TPSA) is 59.8 Å². The first-order valence-corrected chi connectivity index (χ1v) is 8.77. The highest BCUT2D eigenvalue weighted by molar-refractivity contribution is 7.13. The van der Waals surface area contributed by atoms with Crippen molar-refractivity contribution >= 4 is 28.3 Å². The normalized spacial score (nSPS) is 15.3. The molecule has 23 heavy (non-hydrogen) atoms. The van der Waals surface area contributed by atoms with Gasteiger partial charge in [-0.2, -0.15) is 0 Å². The van der Waals surface area contributed by atoms with Crippen LogP contribution in [0.2, 0.25) is 0 Å². The Kier molecular flexibility index (Phi) is 3.61. The van der Waals surface area contributed by atoms with Crippen LogP contribution in [0.25, 0.3) is 21.6 Å². The molecule has 3 aromatic heterocycles. The van der Waals surface area contributed by atoms with Crippen LogP contribution in [0.3, 0.4) is 0 Å². The maximum atomic E-state index is 12.3. The number of fused-ring (bicyclic) bond motifs is 1. The monoisotopic (exact) mass is 326 g/mol. The molecule has 3 aromatic rings. The number of aromatic nitrogens is 3. The molecule has 1 amide bonds. The quantitative estimate of drug-likeness (QED) is 0.803. The molecule has 3 heterocycles. The zero-order valence-electron chi connectivity index (χ0n) is 13.0. The number of aryl methyl sites for hydroxylation is 1. The first-order valence-electron chi connectivity index (χ1n) is 7.89. The van der Waals surface area contributed by atoms with Gasteiger partial charge in [0.25, 0.3) is 5.91 Å². The van der Waals surface area contributed by atoms with E-state index in [9.17, 15) is 4.79 Å². The summed E-state index contributed by atoms with van der Waals surface area (Å²) >= 11 is 1.50. The van der Waals surface area contributed by atoms with Crippen LogP contribution in [0.4, 0.5) is 0 Å². The molecule has 4 rings (SSSR count). The second kappa shape index (κ2) is 5.77. The molecule has 0 aliphatic heterocycles. The van der Waals surface area contributed by atoms with Gasteiger partial charge in [0, 0.05) is 41.8 Å². The van der Waals surface area contributed by atoms with Gasteiger partial charge in [-0.3, -0.25) is 4.79 Å². The van der Waals surface area contributed by atoms with Crippen molar-refractivity contribution in [2.45, 2.75) is 31.7 Å². The van der Waals surface area contributed by atoms with Crippen molar-refractivity contribution in [2.75, 3.05) is 0 Å². The third kappa shape index (κ3) is 2.63. The molecule has 1 fully saturated rings. The van der Waals surface area contributed by atoms with Gasteiger partial charge < -0.3 is 9.88 Å². The van der Waals surface area contributed by atoms with Gasteiger partial charge in [-0.1, -0.05) is 12.8 Å². The molecule has 6 heteroatoms. The molecule has 1 aliphatic rings. The number of carbonyl (C=O) groups excluding carboxylic acids is 1. The van der Waals surface area contributed by atoms with Gasteiger partial charge in [0.15, 0.2) is 0 Å². The molecule has 0 unspecified atom stereocenters. The van der Waals surface area contributed by atoms with Crippen molar-refractivity contribution in [1.29, 1.82) is 0 Å². The highest BCUT2D eigenvalue weighted by Gasteiger charge is 2.20. The second-order valence-corrected chi connectivity index (χ2v) is 6.88. The smallest absolute Gasteiger partial charge is 0.270 e. The van der Waals surface area contributed by atoms with E-state index < -0.39 is 0 Å². The third-order valence-electron chi connectivity index (χ3n) is 4.39. The van der Waals surface area contributed by atoms with E-state index in [0.717, 1.165) is 34.4 Å². The molecule has 0 bridgehead atoms. The van der Waals surface area contributed by atoms with Gasteiger partial charge in [-0.25, -0.2) is 9.97 Å². The van der Waals surface area contributed by atoms with E-state index in [4.69, 9.17) is 0 Å². The van der Waals surface area contributed by atoms with Crippen LogP contribution in [-0.2, 0) is 7.05 Å². The molecule has 1 N–H and O–H groups in total. The Morgan fingerprint density at radius 2 is 2.22 bits per heavy atom. The number of nitrogens with zero attached hydrogens (tertiary/aromatic N) is 3. The van der Waals surface area contributed by atoms with Crippen LogP contribution < -0.4 is 5.32 Å². The molecule has 5 nitrogen and oxygen atoms in total. The lowest BCUT2D eigenvalue weighted by atomic mass is 10.2. The van der Waals surface area contributed by atoms with E-state index in [0.29, 0.717) is 11.7 Å². The number of hydrogen-bond donors (Lipinski definition) is 1. The van der Waals surface area contributed by atoms with Crippen LogP contribution >= 0.6 is 11.3 Å². The van der Waals surface area contributed by atoms with E-state index in [1.807, 2.05) is 35.3 Å². The van der Waals surface area contributed by atoms with Crippen LogP contribution in [0.15, 0.2) is 29.9 Å². The largest absolute Gasteiger partial charge is 0.348 e. The fraction of sp³-hybridized carbons (Fsp3) is 0.353. The van der Waals surface area contributed by atoms with Gasteiger partial charge >= 0.3 is 0 Å². The SMILES string of the molecule is Cn1cc(-c2nc(C(=O)NC3CCCC3)cs2)c2cccnc21. The van der Waals surface area contributed by atoms with E-state index in [1.165, 1.54) is 24.2 Å². The van der Waals surface area contributed by atoms with Gasteiger partial charge in [0.2, 0.25) is 0 Å². The first kappa shape index (κ1) is 14.4. The Morgan fingerprint density at radius 3 is 3.04 bits per heavy atom. The number of amides is 1. The van der Waals surface area contributed by atoms with Crippen molar-refractivity contribution < 1.29 is 4.79 Å². The zero-order chi connectivity index (χ0) is 15.8. The second-order valence-electron chi connectivity index (χ2n) is 6.02. The number of pyridine rings is 1. The summed E-state index contributed by atoms with van der Waals surface area (Å²) in [4.78, 5) is 21.3. The summed E-state index contributed by atoms with van der Waals surface area (Å²) in [6.07, 6.45) is 8.38. The Balaban J connectivity index is 1.63. The lowest BCUT2D eigenvalue weighted by molar-refractivity contribution is 0.0933. The van der Waals surface area contributed by atoms with Gasteiger partial charge in [-0.05, 0) is 25.0 Å². The third-order valence-corrected chi connectivity index (χ3v) is 5.27. The summed E-state index contributed by atoms with van der Waals surface area (Å²) in [5.41, 5.74) is 2.47. The minimum Gasteiger partial charge on any atom is -0.348 e. The van der Waals surface area contributed by atoms with Crippen LogP contribution in [0.1, 0.15) is 36.2 Å². The summed E-state index contributed by atoms with van der Waals surface area (Å²) in [6, 6.07) is 4.28. The number of hydrogen-bond acceptors (Lipinski definition) is 4. The minimum atomic E-state index is -0.0576. The highest BCUT2D eigenvalue weighted by Crippen LogP contribution is 2.31. The summed E-state index contributed by atoms with van der Waals surface area (Å²) < 4.78 is 1.99. The maximum absolute atomic E-state index is 12.3. The zero-order valence-corrected chi connectivity index (χ0v) is 13.8. The Bertz CT molecular complexity index is 860. The first-order chi connectivity index (χ1) is 11.2. The Labute approximate surface area is 138 Å². The van der Waals surface area contributed by atoms with E-state index in [-0.39, 0.29) is 5.91 Å². The van der Waals surface area contributed by atoms with E-state index in [1.54, 1.807) is 6.20 Å². The van der Waals surface area contributed by atoms with Crippen LogP contribution in [0.5, 0.6) is 0 Å². The lowest BCUT2D eigenvalue weighted by Crippen LogP contribution is -2.32. The Hall–Kier alpha value is -2.21. The number of nitrogens with one attached hydrogen (secondary N) is 1. The van der Waals surface area contributed by atoms with Crippen molar-refractivity contribution in [3.05, 3.63) is 35.6 Å². The molecule has 1 saturated carbocycles. The van der Waals surface area contributed by atoms with Gasteiger partial charge in [0.05, 0.1) is 0 Å². The minimum absolute atomic E-state index is 0.0576. The van der Waals surface area contributed by atoms with E-state index in [2.05, 4.69) is 15.3 Å². The summed E-state index contributed by atoms with van der Waals surface area (Å²) in [5.74, 6) is -0.0576. The molecule has 1 aliphatic carbocycles. The molecular formula is C17H18N4OS. The molecule has 0 saturated heterocycles. The number of thiazole rings is 1. The molecule has 0 aromatic carbocycles. The number of carbonyl (C=O) groups is 1. The van der Waals surface area contributed by atoms with Crippen molar-refractivity contribution in [3.63, 3.8) is 0 Å². The predicted octanol–water partition coefficient (Wildman–Crippen LogP) is 3.37. The molecule has 0 atom stereocenters. The van der Waals surface area contributed by atoms with Crippen molar-refractivity contribution in [2.24, 2.45) is 7.05 Å². The molecule has 0 spiro atoms. The van der Waals surface area contributed by atoms with Crippen LogP contribution in [-0.4, -0.2) is 26.5 Å². The Morgan fingerprint density at radius 1 is 1.39 bits per heavy atom. The van der Waals surface area contributed by atoms with Crippen molar-refractivity contribution in [1.82, 2.24) is 19.9 Å². The molecular weight excluding hydrogens is 308 g/mol. The fourth-order valence-corrected chi connectivity index (χ4v) is 4.04. The highest BCUT2D eigenvalue weighted by atomic mass is 32.1. The summed E-state index contributed by atoms with van der Waals surface area (Å²) in [5, 5.41) is 6.86. The average molecular weight is 326 g/mol. The lowest BCUT2D eigenvalue weighted by Gasteiger charge is -2.09. The van der Waals surface area contributed by atoms with Gasteiger partial charge in [-0.15, -0.1) is 11.3 Å². The standard InChI is InChI=1S/C17H18N4OS/c1-21-9-13(12-7-4-8-18-15(12)21)17-20-14(10-23-17)16(22)19-11-5-2-3-6-11/h4,7-11H,2-3,5-6H2,1H3,(H,19,22). The summed E-state index contributed by atoms with van der Waals surface area (Å²) in [6.45, 7) is 0. The van der Waals surface area contributed by atoms with E-state index >= 15 is 0 Å². The van der Waals surface area contributed by atoms with Gasteiger partial charge in [0.1, 0.15) is 16.3 Å². The van der Waals surface area contributed by atoms with Crippen molar-refractivity contribution in [3.8, 4) is 10.6 Å². The maximum Gasteiger partial charge on any atom is 0.270 e. The fourth-order valence-electron chi connectivity index (χ4n) is 3.21. The molecule has 0 radical (unpaired) electrons. The number of rotatable bonds is 3. The summed E-state index contributed by atoms with van der Waals surface area (Å²) in [7, 11) is 1.97. The molecule has 118 valence electrons. The van der Waals surface area contributed by atoms with Crippen LogP contribution in [0, 0.1) is 0 Å². The predicted molar refractivity (Wildman–Crippen MR) is 91.5 cm³/mol.